The summed E-state index contributed by atoms with van der Waals surface area (Å²) in [5.74, 6) is 0. The zero-order chi connectivity index (χ0) is 13.7. The summed E-state index contributed by atoms with van der Waals surface area (Å²) < 4.78 is 21.9. The van der Waals surface area contributed by atoms with Gasteiger partial charge in [0.25, 0.3) is 5.08 Å². The van der Waals surface area contributed by atoms with Gasteiger partial charge < -0.3 is 30.4 Å². The van der Waals surface area contributed by atoms with Crippen molar-refractivity contribution in [2.24, 2.45) is 0 Å². The second-order valence-electron chi connectivity index (χ2n) is 4.03. The van der Waals surface area contributed by atoms with Crippen molar-refractivity contribution in [3.8, 4) is 0 Å². The predicted molar refractivity (Wildman–Crippen MR) is 78.4 cm³/mol. The molecule has 0 bridgehead atoms. The van der Waals surface area contributed by atoms with E-state index in [2.05, 4.69) is 0 Å². The van der Waals surface area contributed by atoms with Gasteiger partial charge in [-0.1, -0.05) is 32.6 Å². The quantitative estimate of drug-likeness (QED) is 0.243. The fraction of sp³-hybridized carbons (Fsp3) is 1.00. The van der Waals surface area contributed by atoms with Crippen LogP contribution in [0.3, 0.4) is 0 Å². The zero-order valence-corrected chi connectivity index (χ0v) is 17.3. The Morgan fingerprint density at radius 3 is 1.58 bits per heavy atom. The Hall–Kier alpha value is 2.78. The first-order valence-electron chi connectivity index (χ1n) is 5.40. The van der Waals surface area contributed by atoms with E-state index in [9.17, 15) is 14.2 Å². The topological polar surface area (TPSA) is 135 Å². The van der Waals surface area contributed by atoms with E-state index in [4.69, 9.17) is 19.6 Å². The van der Waals surface area contributed by atoms with Crippen molar-refractivity contribution in [3.63, 3.8) is 0 Å². The number of unbranched alkanes of at least 4 members (excludes halogenated alkanes) is 4. The maximum atomic E-state index is 11.0. The van der Waals surface area contributed by atoms with Crippen LogP contribution in [0.4, 0.5) is 0 Å². The summed E-state index contributed by atoms with van der Waals surface area (Å²) in [5.41, 5.74) is 0. The first-order chi connectivity index (χ1) is 7.56. The third-order valence-electron chi connectivity index (χ3n) is 2.55. The van der Waals surface area contributed by atoms with Crippen LogP contribution in [-0.4, -0.2) is 105 Å². The van der Waals surface area contributed by atoms with Crippen molar-refractivity contribution in [2.45, 2.75) is 50.5 Å². The van der Waals surface area contributed by atoms with Gasteiger partial charge in [0.1, 0.15) is 0 Å². The molecule has 5 N–H and O–H groups in total. The standard InChI is InChI=1S/C8H20O7P2.2Ca.4H/c1-2-3-4-5-6-7-8(9,16(10,11)12)17(13,14)15;;;;;;/h9H,2-7H2,1H3,(H2,10,11,12)(H2,13,14,15);;;;;;/q;2*+2;4*-1. The second kappa shape index (κ2) is 11.3. The van der Waals surface area contributed by atoms with Gasteiger partial charge in [0.05, 0.1) is 0 Å². The average molecular weight is 374 g/mol. The van der Waals surface area contributed by atoms with Crippen molar-refractivity contribution in [3.05, 3.63) is 0 Å². The summed E-state index contributed by atoms with van der Waals surface area (Å²) >= 11 is 0. The summed E-state index contributed by atoms with van der Waals surface area (Å²) in [6, 6.07) is 0. The molecule has 11 heteroatoms. The monoisotopic (exact) mass is 374 g/mol. The van der Waals surface area contributed by atoms with Gasteiger partial charge in [-0.05, 0) is 12.8 Å². The van der Waals surface area contributed by atoms with E-state index in [1.807, 2.05) is 6.92 Å². The van der Waals surface area contributed by atoms with Crippen LogP contribution in [0.1, 0.15) is 51.2 Å². The molecule has 7 nitrogen and oxygen atoms in total. The maximum absolute atomic E-state index is 11.0. The summed E-state index contributed by atoms with van der Waals surface area (Å²) in [5, 5.41) is 6.27. The molecule has 0 saturated carbocycles. The van der Waals surface area contributed by atoms with Gasteiger partial charge in [0, 0.05) is 0 Å². The molecule has 0 unspecified atom stereocenters. The molecule has 0 heterocycles. The van der Waals surface area contributed by atoms with Crippen molar-refractivity contribution in [1.29, 1.82) is 0 Å². The van der Waals surface area contributed by atoms with E-state index in [1.165, 1.54) is 0 Å². The van der Waals surface area contributed by atoms with Crippen molar-refractivity contribution < 1.29 is 39.5 Å². The van der Waals surface area contributed by atoms with Crippen LogP contribution >= 0.6 is 15.2 Å². The molecule has 0 aliphatic rings. The van der Waals surface area contributed by atoms with Crippen LogP contribution in [0.25, 0.3) is 0 Å². The summed E-state index contributed by atoms with van der Waals surface area (Å²) in [6.07, 6.45) is 2.83. The molecule has 0 aromatic rings. The van der Waals surface area contributed by atoms with Crippen LogP contribution in [0.15, 0.2) is 0 Å². The van der Waals surface area contributed by atoms with Crippen LogP contribution in [0.2, 0.25) is 0 Å². The van der Waals surface area contributed by atoms with Gasteiger partial charge in [-0.2, -0.15) is 0 Å². The minimum atomic E-state index is -5.27. The molecule has 0 saturated heterocycles. The van der Waals surface area contributed by atoms with Gasteiger partial charge in [0.2, 0.25) is 0 Å². The molecule has 0 fully saturated rings. The molecule has 0 aliphatic carbocycles. The summed E-state index contributed by atoms with van der Waals surface area (Å²) in [6.45, 7) is 1.99. The average Bonchev–Trinajstić information content (AvgIpc) is 2.13. The molecule has 0 radical (unpaired) electrons. The van der Waals surface area contributed by atoms with Crippen molar-refractivity contribution in [2.75, 3.05) is 0 Å². The smallest absolute Gasteiger partial charge is 1.00 e. The molecule has 0 rings (SSSR count). The van der Waals surface area contributed by atoms with Crippen LogP contribution in [-0.2, 0) is 9.13 Å². The fourth-order valence-electron chi connectivity index (χ4n) is 1.43. The van der Waals surface area contributed by atoms with E-state index >= 15 is 0 Å². The van der Waals surface area contributed by atoms with E-state index in [0.29, 0.717) is 6.42 Å². The van der Waals surface area contributed by atoms with Gasteiger partial charge >= 0.3 is 90.7 Å². The van der Waals surface area contributed by atoms with E-state index < -0.39 is 26.7 Å². The number of hydrogen-bond donors (Lipinski definition) is 5. The zero-order valence-electron chi connectivity index (χ0n) is 15.1. The Labute approximate surface area is 178 Å². The molecule has 0 aliphatic heterocycles. The minimum absolute atomic E-state index is 0. The van der Waals surface area contributed by atoms with Gasteiger partial charge in [-0.15, -0.1) is 0 Å². The molecule has 0 aromatic heterocycles. The molecule has 0 atom stereocenters. The van der Waals surface area contributed by atoms with E-state index in [-0.39, 0.29) is 87.6 Å². The van der Waals surface area contributed by atoms with Gasteiger partial charge in [-0.3, -0.25) is 9.13 Å². The Morgan fingerprint density at radius 2 is 1.26 bits per heavy atom. The summed E-state index contributed by atoms with van der Waals surface area (Å²) in [4.78, 5) is 35.4. The van der Waals surface area contributed by atoms with Gasteiger partial charge in [0.15, 0.2) is 0 Å². The normalized spacial score (nSPS) is 12.5. The number of hydrogen-bond acceptors (Lipinski definition) is 3. The first kappa shape index (κ1) is 26.7. The SMILES string of the molecule is CCCCCCCC(O)(P(=O)(O)O)P(=O)(O)O.[Ca+2].[Ca+2].[H-].[H-].[H-].[H-]. The largest absolute Gasteiger partial charge is 2.00 e. The Kier molecular flexibility index (Phi) is 15.9. The molecular weight excluding hydrogens is 350 g/mol. The Balaban J connectivity index is -0.0000000853. The van der Waals surface area contributed by atoms with Gasteiger partial charge in [-0.25, -0.2) is 0 Å². The molecular formula is C8H24Ca2O7P2. The van der Waals surface area contributed by atoms with Crippen LogP contribution in [0, 0.1) is 0 Å². The maximum Gasteiger partial charge on any atom is 2.00 e. The van der Waals surface area contributed by atoms with Crippen molar-refractivity contribution >= 4 is 90.7 Å². The Morgan fingerprint density at radius 1 is 0.895 bits per heavy atom. The third-order valence-corrected chi connectivity index (χ3v) is 6.43. The summed E-state index contributed by atoms with van der Waals surface area (Å²) in [7, 11) is -10.5. The van der Waals surface area contributed by atoms with E-state index in [1.54, 1.807) is 0 Å². The number of aliphatic hydroxyl groups is 1. The fourth-order valence-corrected chi connectivity index (χ4v) is 3.68. The number of rotatable bonds is 8. The second-order valence-corrected chi connectivity index (χ2v) is 8.04. The molecule has 0 aromatic carbocycles. The molecule has 0 spiro atoms. The van der Waals surface area contributed by atoms with E-state index in [0.717, 1.165) is 19.3 Å². The van der Waals surface area contributed by atoms with Crippen LogP contribution < -0.4 is 0 Å². The Bertz CT molecular complexity index is 320. The molecule has 0 amide bonds. The van der Waals surface area contributed by atoms with Crippen molar-refractivity contribution in [1.82, 2.24) is 0 Å². The first-order valence-corrected chi connectivity index (χ1v) is 8.62. The van der Waals surface area contributed by atoms with Crippen LogP contribution in [0.5, 0.6) is 0 Å². The molecule has 19 heavy (non-hydrogen) atoms. The minimum Gasteiger partial charge on any atom is -1.00 e. The predicted octanol–water partition coefficient (Wildman–Crippen LogP) is 1.04. The third kappa shape index (κ3) is 8.85. The molecule has 112 valence electrons.